The number of rotatable bonds is 7. The minimum Gasteiger partial charge on any atom is -0.377 e. The maximum Gasteiger partial charge on any atom is 0.228 e. The number of thiophene rings is 1. The molecular weight excluding hydrogens is 504 g/mol. The van der Waals surface area contributed by atoms with E-state index in [1.54, 1.807) is 11.3 Å². The van der Waals surface area contributed by atoms with Crippen LogP contribution in [0.3, 0.4) is 0 Å². The number of fused-ring (bicyclic) bond motifs is 1. The summed E-state index contributed by atoms with van der Waals surface area (Å²) in [6.07, 6.45) is 11.6. The number of nitrogens with zero attached hydrogens (tertiary/aromatic N) is 7. The van der Waals surface area contributed by atoms with Gasteiger partial charge < -0.3 is 20.0 Å². The zero-order chi connectivity index (χ0) is 26.9. The molecule has 0 atom stereocenters. The van der Waals surface area contributed by atoms with Crippen LogP contribution in [-0.4, -0.2) is 96.1 Å². The average Bonchev–Trinajstić information content (AvgIpc) is 3.61. The van der Waals surface area contributed by atoms with E-state index in [2.05, 4.69) is 69.8 Å². The van der Waals surface area contributed by atoms with Gasteiger partial charge in [0.05, 0.1) is 33.2 Å². The quantitative estimate of drug-likeness (QED) is 0.432. The van der Waals surface area contributed by atoms with Crippen LogP contribution in [-0.2, 0) is 0 Å². The summed E-state index contributed by atoms with van der Waals surface area (Å²) in [7, 11) is 6.36. The fourth-order valence-corrected chi connectivity index (χ4v) is 7.70. The number of pyridine rings is 1. The summed E-state index contributed by atoms with van der Waals surface area (Å²) < 4.78 is 1.13. The number of piperazine rings is 1. The summed E-state index contributed by atoms with van der Waals surface area (Å²) >= 11 is 1.77. The van der Waals surface area contributed by atoms with Crippen molar-refractivity contribution >= 4 is 44.7 Å². The largest absolute Gasteiger partial charge is 0.377 e. The monoisotopic (exact) mass is 546 g/mol. The zero-order valence-electron chi connectivity index (χ0n) is 23.7. The highest BCUT2D eigenvalue weighted by molar-refractivity contribution is 7.20. The Kier molecular flexibility index (Phi) is 7.73. The van der Waals surface area contributed by atoms with Crippen LogP contribution in [0.15, 0.2) is 31.1 Å². The SMILES string of the molecule is C=C(c1sc2cnc(Nc3ccc(N4CCN(C5CCN(C)CC5)CC4)cn3)nc2c1C1CCCC1)N(C)C. The predicted octanol–water partition coefficient (Wildman–Crippen LogP) is 5.24. The Morgan fingerprint density at radius 3 is 2.38 bits per heavy atom. The molecule has 1 N–H and O–H groups in total. The molecule has 3 aromatic rings. The summed E-state index contributed by atoms with van der Waals surface area (Å²) in [5.74, 6) is 1.93. The van der Waals surface area contributed by atoms with Gasteiger partial charge in [-0.05, 0) is 63.9 Å². The molecule has 3 aromatic heterocycles. The lowest BCUT2D eigenvalue weighted by Gasteiger charge is -2.42. The number of likely N-dealkylation sites (tertiary alicyclic amines) is 1. The molecule has 3 aliphatic rings. The summed E-state index contributed by atoms with van der Waals surface area (Å²) in [6.45, 7) is 11.2. The Morgan fingerprint density at radius 1 is 0.974 bits per heavy atom. The Hall–Kier alpha value is -2.75. The lowest BCUT2D eigenvalue weighted by atomic mass is 9.96. The molecular formula is C30H42N8S. The first kappa shape index (κ1) is 26.5. The molecule has 39 heavy (non-hydrogen) atoms. The van der Waals surface area contributed by atoms with Crippen molar-refractivity contribution in [2.75, 3.05) is 70.6 Å². The zero-order valence-corrected chi connectivity index (χ0v) is 24.5. The number of hydrogen-bond donors (Lipinski definition) is 1. The Morgan fingerprint density at radius 2 is 1.72 bits per heavy atom. The van der Waals surface area contributed by atoms with Crippen molar-refractivity contribution in [3.8, 4) is 0 Å². The number of anilines is 3. The van der Waals surface area contributed by atoms with E-state index in [1.165, 1.54) is 67.7 Å². The van der Waals surface area contributed by atoms with E-state index in [1.807, 2.05) is 12.4 Å². The maximum absolute atomic E-state index is 5.02. The Bertz CT molecular complexity index is 1280. The molecule has 1 saturated carbocycles. The van der Waals surface area contributed by atoms with Gasteiger partial charge in [0.15, 0.2) is 0 Å². The highest BCUT2D eigenvalue weighted by Gasteiger charge is 2.28. The average molecular weight is 547 g/mol. The fourth-order valence-electron chi connectivity index (χ4n) is 6.45. The second kappa shape index (κ2) is 11.4. The second-order valence-electron chi connectivity index (χ2n) is 11.7. The summed E-state index contributed by atoms with van der Waals surface area (Å²) in [5.41, 5.74) is 4.67. The normalized spacial score (nSPS) is 20.1. The van der Waals surface area contributed by atoms with Crippen LogP contribution in [0.5, 0.6) is 0 Å². The molecule has 0 aromatic carbocycles. The van der Waals surface area contributed by atoms with E-state index in [4.69, 9.17) is 9.97 Å². The minimum absolute atomic E-state index is 0.547. The topological polar surface area (TPSA) is 63.7 Å². The maximum atomic E-state index is 5.02. The molecule has 0 spiro atoms. The van der Waals surface area contributed by atoms with Crippen LogP contribution in [0, 0.1) is 0 Å². The van der Waals surface area contributed by atoms with Crippen LogP contribution in [0.2, 0.25) is 0 Å². The van der Waals surface area contributed by atoms with Gasteiger partial charge in [-0.25, -0.2) is 15.0 Å². The van der Waals surface area contributed by atoms with Crippen molar-refractivity contribution < 1.29 is 0 Å². The predicted molar refractivity (Wildman–Crippen MR) is 163 cm³/mol. The van der Waals surface area contributed by atoms with Gasteiger partial charge in [-0.3, -0.25) is 4.90 Å². The lowest BCUT2D eigenvalue weighted by molar-refractivity contribution is 0.115. The highest BCUT2D eigenvalue weighted by atomic mass is 32.1. The molecule has 0 unspecified atom stereocenters. The number of nitrogens with one attached hydrogen (secondary N) is 1. The smallest absolute Gasteiger partial charge is 0.228 e. The fraction of sp³-hybridized carbons (Fsp3) is 0.567. The molecule has 208 valence electrons. The van der Waals surface area contributed by atoms with Gasteiger partial charge in [0, 0.05) is 57.6 Å². The van der Waals surface area contributed by atoms with Crippen LogP contribution < -0.4 is 10.2 Å². The lowest BCUT2D eigenvalue weighted by Crippen LogP contribution is -2.53. The molecule has 5 heterocycles. The molecule has 9 heteroatoms. The van der Waals surface area contributed by atoms with E-state index in [9.17, 15) is 0 Å². The summed E-state index contributed by atoms with van der Waals surface area (Å²) in [5, 5.41) is 3.37. The summed E-state index contributed by atoms with van der Waals surface area (Å²) in [6, 6.07) is 4.98. The van der Waals surface area contributed by atoms with Crippen molar-refractivity contribution in [1.82, 2.24) is 29.7 Å². The molecule has 3 fully saturated rings. The number of piperidine rings is 1. The molecule has 0 bridgehead atoms. The molecule has 0 amide bonds. The Labute approximate surface area is 236 Å². The highest BCUT2D eigenvalue weighted by Crippen LogP contribution is 2.45. The Balaban J connectivity index is 1.14. The second-order valence-corrected chi connectivity index (χ2v) is 12.7. The molecule has 0 radical (unpaired) electrons. The molecule has 2 aliphatic heterocycles. The number of aromatic nitrogens is 3. The molecule has 8 nitrogen and oxygen atoms in total. The van der Waals surface area contributed by atoms with Gasteiger partial charge >= 0.3 is 0 Å². The van der Waals surface area contributed by atoms with Crippen molar-refractivity contribution in [1.29, 1.82) is 0 Å². The van der Waals surface area contributed by atoms with Gasteiger partial charge in [-0.2, -0.15) is 0 Å². The standard InChI is InChI=1S/C30H42N8S/c1-21(35(2)3)29-27(22-7-5-6-8-22)28-25(39-29)20-32-30(34-28)33-26-10-9-24(19-31-26)38-17-15-37(16-18-38)23-11-13-36(4)14-12-23/h9-10,19-20,22-23H,1,5-8,11-18H2,2-4H3,(H,31,32,33,34). The number of hydrogen-bond acceptors (Lipinski definition) is 9. The molecule has 2 saturated heterocycles. The van der Waals surface area contributed by atoms with Crippen LogP contribution in [0.25, 0.3) is 15.9 Å². The molecule has 6 rings (SSSR count). The van der Waals surface area contributed by atoms with Gasteiger partial charge in [-0.15, -0.1) is 11.3 Å². The van der Waals surface area contributed by atoms with Gasteiger partial charge in [0.1, 0.15) is 5.82 Å². The van der Waals surface area contributed by atoms with Gasteiger partial charge in [0.25, 0.3) is 0 Å². The van der Waals surface area contributed by atoms with Crippen molar-refractivity contribution in [3.63, 3.8) is 0 Å². The van der Waals surface area contributed by atoms with E-state index >= 15 is 0 Å². The van der Waals surface area contributed by atoms with E-state index < -0.39 is 0 Å². The third kappa shape index (κ3) is 5.62. The van der Waals surface area contributed by atoms with E-state index in [0.29, 0.717) is 11.9 Å². The summed E-state index contributed by atoms with van der Waals surface area (Å²) in [4.78, 5) is 25.4. The third-order valence-corrected chi connectivity index (χ3v) is 10.1. The van der Waals surface area contributed by atoms with Crippen LogP contribution in [0.4, 0.5) is 17.5 Å². The van der Waals surface area contributed by atoms with E-state index in [-0.39, 0.29) is 0 Å². The van der Waals surface area contributed by atoms with Crippen molar-refractivity contribution in [3.05, 3.63) is 41.5 Å². The van der Waals surface area contributed by atoms with E-state index in [0.717, 1.165) is 54.0 Å². The molecule has 1 aliphatic carbocycles. The minimum atomic E-state index is 0.547. The van der Waals surface area contributed by atoms with Crippen molar-refractivity contribution in [2.24, 2.45) is 0 Å². The first-order valence-corrected chi connectivity index (χ1v) is 15.3. The third-order valence-electron chi connectivity index (χ3n) is 8.90. The van der Waals surface area contributed by atoms with Crippen molar-refractivity contribution in [2.45, 2.75) is 50.5 Å². The first-order valence-electron chi connectivity index (χ1n) is 14.5. The van der Waals surface area contributed by atoms with Crippen LogP contribution >= 0.6 is 11.3 Å². The van der Waals surface area contributed by atoms with Gasteiger partial charge in [-0.1, -0.05) is 19.4 Å². The van der Waals surface area contributed by atoms with Crippen LogP contribution in [0.1, 0.15) is 54.9 Å². The first-order chi connectivity index (χ1) is 19.0. The van der Waals surface area contributed by atoms with Gasteiger partial charge in [0.2, 0.25) is 5.95 Å².